The van der Waals surface area contributed by atoms with Crippen molar-refractivity contribution in [3.8, 4) is 11.3 Å². The third-order valence-electron chi connectivity index (χ3n) is 12.2. The average Bonchev–Trinajstić information content (AvgIpc) is 3.68. The number of aromatic nitrogens is 4. The Morgan fingerprint density at radius 2 is 1.70 bits per heavy atom. The lowest BCUT2D eigenvalue weighted by Gasteiger charge is -2.56. The van der Waals surface area contributed by atoms with E-state index in [1.165, 1.54) is 39.3 Å². The maximum atomic E-state index is 15.7. The van der Waals surface area contributed by atoms with Crippen LogP contribution in [0.15, 0.2) is 30.7 Å². The Morgan fingerprint density at radius 3 is 2.36 bits per heavy atom. The molecule has 5 heterocycles. The molecule has 8 rings (SSSR count). The van der Waals surface area contributed by atoms with Crippen molar-refractivity contribution in [3.05, 3.63) is 59.2 Å². The van der Waals surface area contributed by atoms with Crippen molar-refractivity contribution < 1.29 is 22.4 Å². The van der Waals surface area contributed by atoms with E-state index in [1.54, 1.807) is 6.33 Å². The molecule has 2 saturated carbocycles. The number of alkyl halides is 2. The Kier molecular flexibility index (Phi) is 8.54. The minimum atomic E-state index is -2.77. The summed E-state index contributed by atoms with van der Waals surface area (Å²) in [6.45, 7) is 15.3. The lowest BCUT2D eigenvalue weighted by atomic mass is 9.71. The van der Waals surface area contributed by atoms with Gasteiger partial charge < -0.3 is 20.1 Å². The van der Waals surface area contributed by atoms with E-state index in [9.17, 15) is 13.6 Å². The fourth-order valence-corrected chi connectivity index (χ4v) is 8.80. The first-order valence-corrected chi connectivity index (χ1v) is 18.9. The highest BCUT2D eigenvalue weighted by atomic mass is 19.3. The van der Waals surface area contributed by atoms with E-state index >= 15 is 8.78 Å². The van der Waals surface area contributed by atoms with Crippen molar-refractivity contribution >= 4 is 34.1 Å². The van der Waals surface area contributed by atoms with Crippen LogP contribution in [0.25, 0.3) is 22.3 Å². The Balaban J connectivity index is 1.15. The molecule has 53 heavy (non-hydrogen) atoms. The third kappa shape index (κ3) is 6.03. The number of nitrogens with one attached hydrogen (secondary N) is 2. The van der Waals surface area contributed by atoms with Gasteiger partial charge in [-0.2, -0.15) is 0 Å². The predicted molar refractivity (Wildman–Crippen MR) is 198 cm³/mol. The first-order chi connectivity index (χ1) is 25.1. The zero-order chi connectivity index (χ0) is 37.6. The molecule has 1 saturated heterocycles. The summed E-state index contributed by atoms with van der Waals surface area (Å²) in [5.74, 6) is -3.14. The van der Waals surface area contributed by atoms with Gasteiger partial charge in [0.2, 0.25) is 0 Å². The molecule has 2 aliphatic carbocycles. The Bertz CT molecular complexity index is 2100. The number of carbonyl (C=O) groups is 1. The molecule has 0 atom stereocenters. The number of fused-ring (bicyclic) bond motifs is 2. The maximum absolute atomic E-state index is 15.7. The summed E-state index contributed by atoms with van der Waals surface area (Å²) in [5, 5.41) is 5.33. The van der Waals surface area contributed by atoms with Crippen LogP contribution >= 0.6 is 0 Å². The summed E-state index contributed by atoms with van der Waals surface area (Å²) in [7, 11) is 0. The monoisotopic (exact) mass is 732 g/mol. The highest BCUT2D eigenvalue weighted by molar-refractivity contribution is 5.98. The van der Waals surface area contributed by atoms with E-state index in [0.717, 1.165) is 42.4 Å². The van der Waals surface area contributed by atoms with E-state index in [4.69, 9.17) is 9.97 Å². The number of rotatable bonds is 9. The molecule has 1 amide bonds. The highest BCUT2D eigenvalue weighted by Gasteiger charge is 2.53. The summed E-state index contributed by atoms with van der Waals surface area (Å²) in [6.07, 6.45) is 6.98. The van der Waals surface area contributed by atoms with Gasteiger partial charge in [-0.3, -0.25) is 14.7 Å². The number of benzene rings is 1. The molecule has 2 aliphatic heterocycles. The van der Waals surface area contributed by atoms with Gasteiger partial charge in [0.15, 0.2) is 17.5 Å². The van der Waals surface area contributed by atoms with Crippen molar-refractivity contribution in [1.82, 2.24) is 29.7 Å². The first-order valence-electron chi connectivity index (χ1n) is 18.9. The van der Waals surface area contributed by atoms with Crippen LogP contribution in [0.2, 0.25) is 0 Å². The van der Waals surface area contributed by atoms with Gasteiger partial charge in [0.1, 0.15) is 11.1 Å². The quantitative estimate of drug-likeness (QED) is 0.167. The lowest BCUT2D eigenvalue weighted by Crippen LogP contribution is -2.63. The van der Waals surface area contributed by atoms with Gasteiger partial charge in [-0.25, -0.2) is 27.5 Å². The fourth-order valence-electron chi connectivity index (χ4n) is 8.80. The number of carbonyl (C=O) groups excluding carboxylic acids is 1. The second-order valence-corrected chi connectivity index (χ2v) is 16.9. The van der Waals surface area contributed by atoms with Crippen LogP contribution < -0.4 is 15.5 Å². The number of halogens is 4. The summed E-state index contributed by atoms with van der Waals surface area (Å²) in [4.78, 5) is 33.0. The molecule has 3 fully saturated rings. The number of hydrogen-bond acceptors (Lipinski definition) is 7. The number of imidazole rings is 1. The Labute approximate surface area is 307 Å². The van der Waals surface area contributed by atoms with Gasteiger partial charge in [0, 0.05) is 52.5 Å². The molecule has 0 spiro atoms. The SMILES string of the molecule is Cc1c(C(=O)NC2(C(F)F)CC2)cc(Nc2nc(-c3cnc4c(c3)N([C@H]3C[C@@](C)(N5CCCCC5)C3)CC4(C)C)cc3ncn(C(C)C)c23)c(F)c1F. The molecule has 13 heteroatoms. The Hall–Kier alpha value is -4.26. The molecular formula is C40H48F4N8O. The second-order valence-electron chi connectivity index (χ2n) is 16.9. The number of anilines is 3. The van der Waals surface area contributed by atoms with Crippen molar-refractivity contribution in [3.63, 3.8) is 0 Å². The minimum Gasteiger partial charge on any atom is -0.366 e. The standard InChI is InChI=1S/C40H48F4N8O/c1-22(2)52-21-46-29-16-27(24-14-30-34(45-19-24)38(4,5)20-51(30)25-17-39(6,18-25)50-12-8-7-9-13-50)47-35(33(29)52)48-28-15-26(23(3)31(41)32(28)42)36(53)49-40(10-11-40)37(43)44/h14-16,19,21-22,25,37H,7-13,17-18,20H2,1-6H3,(H,47,48)(H,49,53)/t25-,39+. The zero-order valence-electron chi connectivity index (χ0n) is 31.3. The third-order valence-corrected chi connectivity index (χ3v) is 12.2. The topological polar surface area (TPSA) is 91.2 Å². The van der Waals surface area contributed by atoms with E-state index in [0.29, 0.717) is 22.8 Å². The highest BCUT2D eigenvalue weighted by Crippen LogP contribution is 2.49. The van der Waals surface area contributed by atoms with Crippen LogP contribution in [-0.2, 0) is 5.41 Å². The molecule has 4 aromatic rings. The van der Waals surface area contributed by atoms with Gasteiger partial charge in [-0.05, 0) is 97.5 Å². The van der Waals surface area contributed by atoms with Gasteiger partial charge in [0.05, 0.1) is 34.6 Å². The van der Waals surface area contributed by atoms with Crippen LogP contribution in [0.1, 0.15) is 107 Å². The number of piperidine rings is 1. The number of nitrogens with zero attached hydrogens (tertiary/aromatic N) is 6. The summed E-state index contributed by atoms with van der Waals surface area (Å²) in [5.41, 5.74) is 2.14. The van der Waals surface area contributed by atoms with Crippen LogP contribution in [0, 0.1) is 18.6 Å². The zero-order valence-corrected chi connectivity index (χ0v) is 31.3. The Morgan fingerprint density at radius 1 is 0.981 bits per heavy atom. The molecule has 9 nitrogen and oxygen atoms in total. The molecule has 282 valence electrons. The van der Waals surface area contributed by atoms with E-state index in [1.807, 2.05) is 30.7 Å². The van der Waals surface area contributed by atoms with Gasteiger partial charge >= 0.3 is 0 Å². The first kappa shape index (κ1) is 35.8. The van der Waals surface area contributed by atoms with Gasteiger partial charge in [-0.1, -0.05) is 20.3 Å². The molecule has 0 radical (unpaired) electrons. The van der Waals surface area contributed by atoms with E-state index in [2.05, 4.69) is 52.3 Å². The van der Waals surface area contributed by atoms with E-state index < -0.39 is 29.5 Å². The molecule has 4 aliphatic rings. The lowest BCUT2D eigenvalue weighted by molar-refractivity contribution is 0.00197. The van der Waals surface area contributed by atoms with Crippen molar-refractivity contribution in [2.75, 3.05) is 29.9 Å². The molecule has 0 unspecified atom stereocenters. The number of pyridine rings is 2. The number of hydrogen-bond donors (Lipinski definition) is 2. The predicted octanol–water partition coefficient (Wildman–Crippen LogP) is 8.44. The average molecular weight is 733 g/mol. The normalized spacial score (nSPS) is 23.4. The number of likely N-dealkylation sites (tertiary alicyclic amines) is 1. The molecule has 3 aromatic heterocycles. The van der Waals surface area contributed by atoms with Gasteiger partial charge in [-0.15, -0.1) is 0 Å². The van der Waals surface area contributed by atoms with E-state index in [-0.39, 0.29) is 52.5 Å². The molecule has 1 aromatic carbocycles. The van der Waals surface area contributed by atoms with Gasteiger partial charge in [0.25, 0.3) is 12.3 Å². The number of amides is 1. The van der Waals surface area contributed by atoms with Crippen molar-refractivity contribution in [2.24, 2.45) is 0 Å². The van der Waals surface area contributed by atoms with Crippen LogP contribution in [0.4, 0.5) is 34.8 Å². The maximum Gasteiger partial charge on any atom is 0.261 e. The summed E-state index contributed by atoms with van der Waals surface area (Å²) >= 11 is 0. The van der Waals surface area contributed by atoms with Crippen molar-refractivity contribution in [1.29, 1.82) is 0 Å². The smallest absolute Gasteiger partial charge is 0.261 e. The second kappa shape index (κ2) is 12.7. The van der Waals surface area contributed by atoms with Crippen LogP contribution in [0.5, 0.6) is 0 Å². The molecule has 0 bridgehead atoms. The summed E-state index contributed by atoms with van der Waals surface area (Å²) < 4.78 is 60.3. The molecule has 2 N–H and O–H groups in total. The van der Waals surface area contributed by atoms with Crippen LogP contribution in [0.3, 0.4) is 0 Å². The van der Waals surface area contributed by atoms with Crippen molar-refractivity contribution in [2.45, 2.75) is 121 Å². The molecular weight excluding hydrogens is 684 g/mol. The van der Waals surface area contributed by atoms with Crippen LogP contribution in [-0.4, -0.2) is 73.5 Å². The minimum absolute atomic E-state index is 0.0474. The largest absolute Gasteiger partial charge is 0.366 e. The fraction of sp³-hybridized carbons (Fsp3) is 0.550. The summed E-state index contributed by atoms with van der Waals surface area (Å²) in [6, 6.07) is 5.52.